The number of rotatable bonds is 5. The number of anilines is 1. The van der Waals surface area contributed by atoms with Gasteiger partial charge in [0.25, 0.3) is 5.91 Å². The molecule has 9 heteroatoms. The van der Waals surface area contributed by atoms with Gasteiger partial charge in [-0.05, 0) is 49.2 Å². The number of hydrogen-bond donors (Lipinski definition) is 3. The largest absolute Gasteiger partial charge is 0.497 e. The van der Waals surface area contributed by atoms with Crippen molar-refractivity contribution in [1.82, 2.24) is 15.5 Å². The maximum Gasteiger partial charge on any atom is 0.325 e. The molecule has 0 radical (unpaired) electrons. The van der Waals surface area contributed by atoms with Crippen molar-refractivity contribution in [3.05, 3.63) is 59.7 Å². The smallest absolute Gasteiger partial charge is 0.325 e. The SMILES string of the molecule is COc1ccc(NC(=O)NC(=O)CN2C(=O)NC(C)(c3ccccc3C)C2=O)cc1. The number of hydrogen-bond acceptors (Lipinski definition) is 5. The van der Waals surface area contributed by atoms with Crippen LogP contribution < -0.4 is 20.7 Å². The molecular formula is C21H22N4O5. The van der Waals surface area contributed by atoms with Gasteiger partial charge in [0.2, 0.25) is 5.91 Å². The van der Waals surface area contributed by atoms with E-state index >= 15 is 0 Å². The van der Waals surface area contributed by atoms with Crippen molar-refractivity contribution in [2.75, 3.05) is 19.0 Å². The highest BCUT2D eigenvalue weighted by Gasteiger charge is 2.50. The van der Waals surface area contributed by atoms with Crippen LogP contribution >= 0.6 is 0 Å². The predicted molar refractivity (Wildman–Crippen MR) is 109 cm³/mol. The molecule has 1 unspecified atom stereocenters. The molecule has 0 aromatic heterocycles. The number of urea groups is 2. The standard InChI is InChI=1S/C21H22N4O5/c1-13-6-4-5-7-16(13)21(2)18(27)25(20(29)24-21)12-17(26)23-19(28)22-14-8-10-15(30-3)11-9-14/h4-11H,12H2,1-3H3,(H,24,29)(H2,22,23,26,28). The highest BCUT2D eigenvalue weighted by Crippen LogP contribution is 2.30. The average molecular weight is 410 g/mol. The number of methoxy groups -OCH3 is 1. The molecule has 30 heavy (non-hydrogen) atoms. The Morgan fingerprint density at radius 2 is 1.77 bits per heavy atom. The Morgan fingerprint density at radius 3 is 2.40 bits per heavy atom. The summed E-state index contributed by atoms with van der Waals surface area (Å²) in [4.78, 5) is 50.3. The summed E-state index contributed by atoms with van der Waals surface area (Å²) in [5, 5.41) is 7.24. The van der Waals surface area contributed by atoms with Crippen molar-refractivity contribution in [1.29, 1.82) is 0 Å². The van der Waals surface area contributed by atoms with Crippen LogP contribution in [0.2, 0.25) is 0 Å². The number of ether oxygens (including phenoxy) is 1. The van der Waals surface area contributed by atoms with E-state index in [2.05, 4.69) is 16.0 Å². The Bertz CT molecular complexity index is 1000. The van der Waals surface area contributed by atoms with Gasteiger partial charge in [-0.2, -0.15) is 0 Å². The summed E-state index contributed by atoms with van der Waals surface area (Å²) < 4.78 is 5.03. The lowest BCUT2D eigenvalue weighted by atomic mass is 9.88. The number of aryl methyl sites for hydroxylation is 1. The molecule has 0 bridgehead atoms. The van der Waals surface area contributed by atoms with Crippen molar-refractivity contribution >= 4 is 29.6 Å². The zero-order valence-electron chi connectivity index (χ0n) is 16.8. The maximum atomic E-state index is 12.9. The van der Waals surface area contributed by atoms with Gasteiger partial charge < -0.3 is 15.4 Å². The van der Waals surface area contributed by atoms with Crippen LogP contribution in [0.3, 0.4) is 0 Å². The van der Waals surface area contributed by atoms with Crippen LogP contribution in [-0.4, -0.2) is 42.4 Å². The third kappa shape index (κ3) is 4.09. The summed E-state index contributed by atoms with van der Waals surface area (Å²) >= 11 is 0. The normalized spacial score (nSPS) is 18.0. The summed E-state index contributed by atoms with van der Waals surface area (Å²) in [5.41, 5.74) is 0.638. The van der Waals surface area contributed by atoms with Crippen LogP contribution in [0.4, 0.5) is 15.3 Å². The Kier molecular flexibility index (Phi) is 5.72. The topological polar surface area (TPSA) is 117 Å². The van der Waals surface area contributed by atoms with Gasteiger partial charge in [0, 0.05) is 5.69 Å². The first-order chi connectivity index (χ1) is 14.2. The molecule has 1 heterocycles. The Hall–Kier alpha value is -3.88. The van der Waals surface area contributed by atoms with Crippen LogP contribution in [0.1, 0.15) is 18.1 Å². The molecule has 1 aliphatic heterocycles. The van der Waals surface area contributed by atoms with Crippen molar-refractivity contribution in [3.63, 3.8) is 0 Å². The van der Waals surface area contributed by atoms with Gasteiger partial charge in [0.1, 0.15) is 17.8 Å². The Morgan fingerprint density at radius 1 is 1.10 bits per heavy atom. The minimum absolute atomic E-state index is 0.447. The predicted octanol–water partition coefficient (Wildman–Crippen LogP) is 2.12. The second kappa shape index (κ2) is 8.24. The van der Waals surface area contributed by atoms with Crippen molar-refractivity contribution in [2.45, 2.75) is 19.4 Å². The Balaban J connectivity index is 1.63. The van der Waals surface area contributed by atoms with E-state index in [1.54, 1.807) is 43.3 Å². The van der Waals surface area contributed by atoms with E-state index in [0.717, 1.165) is 10.5 Å². The fraction of sp³-hybridized carbons (Fsp3) is 0.238. The van der Waals surface area contributed by atoms with Gasteiger partial charge >= 0.3 is 12.1 Å². The van der Waals surface area contributed by atoms with Crippen LogP contribution in [0.15, 0.2) is 48.5 Å². The minimum Gasteiger partial charge on any atom is -0.497 e. The van der Waals surface area contributed by atoms with E-state index in [-0.39, 0.29) is 0 Å². The van der Waals surface area contributed by atoms with E-state index in [0.29, 0.717) is 17.0 Å². The first-order valence-corrected chi connectivity index (χ1v) is 9.19. The zero-order chi connectivity index (χ0) is 21.9. The molecule has 1 saturated heterocycles. The van der Waals surface area contributed by atoms with Crippen LogP contribution in [-0.2, 0) is 15.1 Å². The molecule has 0 spiro atoms. The molecule has 3 rings (SSSR count). The van der Waals surface area contributed by atoms with Gasteiger partial charge in [0.15, 0.2) is 0 Å². The van der Waals surface area contributed by atoms with Crippen LogP contribution in [0, 0.1) is 6.92 Å². The summed E-state index contributed by atoms with van der Waals surface area (Å²) in [6.07, 6.45) is 0. The third-order valence-electron chi connectivity index (χ3n) is 4.86. The molecule has 1 atom stereocenters. The monoisotopic (exact) mass is 410 g/mol. The van der Waals surface area contributed by atoms with Gasteiger partial charge in [-0.1, -0.05) is 24.3 Å². The molecule has 2 aromatic rings. The first kappa shape index (κ1) is 20.8. The van der Waals surface area contributed by atoms with Gasteiger partial charge in [0.05, 0.1) is 7.11 Å². The second-order valence-electron chi connectivity index (χ2n) is 6.99. The molecule has 9 nitrogen and oxygen atoms in total. The quantitative estimate of drug-likeness (QED) is 0.653. The molecule has 6 amide bonds. The number of nitrogens with one attached hydrogen (secondary N) is 3. The number of amides is 6. The van der Waals surface area contributed by atoms with Crippen LogP contribution in [0.25, 0.3) is 0 Å². The molecule has 3 N–H and O–H groups in total. The van der Waals surface area contributed by atoms with Crippen molar-refractivity contribution < 1.29 is 23.9 Å². The Labute approximate surface area is 173 Å². The van der Waals surface area contributed by atoms with E-state index < -0.39 is 36.0 Å². The number of carbonyl (C=O) groups excluding carboxylic acids is 4. The van der Waals surface area contributed by atoms with E-state index in [4.69, 9.17) is 4.74 Å². The van der Waals surface area contributed by atoms with Crippen LogP contribution in [0.5, 0.6) is 5.75 Å². The second-order valence-corrected chi connectivity index (χ2v) is 6.99. The zero-order valence-corrected chi connectivity index (χ0v) is 16.8. The number of imide groups is 2. The summed E-state index contributed by atoms with van der Waals surface area (Å²) in [7, 11) is 1.52. The van der Waals surface area contributed by atoms with E-state index in [1.807, 2.05) is 19.1 Å². The summed E-state index contributed by atoms with van der Waals surface area (Å²) in [6, 6.07) is 12.2. The molecular weight excluding hydrogens is 388 g/mol. The molecule has 2 aromatic carbocycles. The minimum atomic E-state index is -1.28. The average Bonchev–Trinajstić information content (AvgIpc) is 2.92. The van der Waals surface area contributed by atoms with E-state index in [9.17, 15) is 19.2 Å². The van der Waals surface area contributed by atoms with E-state index in [1.165, 1.54) is 7.11 Å². The van der Waals surface area contributed by atoms with Gasteiger partial charge in [-0.15, -0.1) is 0 Å². The lowest BCUT2D eigenvalue weighted by molar-refractivity contribution is -0.134. The molecule has 0 saturated carbocycles. The van der Waals surface area contributed by atoms with Crippen molar-refractivity contribution in [2.24, 2.45) is 0 Å². The fourth-order valence-electron chi connectivity index (χ4n) is 3.30. The number of benzene rings is 2. The highest BCUT2D eigenvalue weighted by molar-refractivity contribution is 6.10. The van der Waals surface area contributed by atoms with Crippen molar-refractivity contribution in [3.8, 4) is 5.75 Å². The lowest BCUT2D eigenvalue weighted by Crippen LogP contribution is -2.45. The van der Waals surface area contributed by atoms with Gasteiger partial charge in [-0.25, -0.2) is 9.59 Å². The summed E-state index contributed by atoms with van der Waals surface area (Å²) in [5.74, 6) is -0.738. The molecule has 0 aliphatic carbocycles. The third-order valence-corrected chi connectivity index (χ3v) is 4.86. The fourth-order valence-corrected chi connectivity index (χ4v) is 3.30. The number of carbonyl (C=O) groups is 4. The number of nitrogens with zero attached hydrogens (tertiary/aromatic N) is 1. The van der Waals surface area contributed by atoms with Gasteiger partial charge in [-0.3, -0.25) is 19.8 Å². The molecule has 156 valence electrons. The molecule has 1 aliphatic rings. The summed E-state index contributed by atoms with van der Waals surface area (Å²) in [6.45, 7) is 2.84. The highest BCUT2D eigenvalue weighted by atomic mass is 16.5. The molecule has 1 fully saturated rings. The lowest BCUT2D eigenvalue weighted by Gasteiger charge is -2.24. The maximum absolute atomic E-state index is 12.9. The first-order valence-electron chi connectivity index (χ1n) is 9.19.